The number of rotatable bonds is 8. The van der Waals surface area contributed by atoms with E-state index >= 15 is 0 Å². The molecule has 3 aromatic rings. The van der Waals surface area contributed by atoms with Crippen molar-refractivity contribution in [3.8, 4) is 22.5 Å². The predicted octanol–water partition coefficient (Wildman–Crippen LogP) is 2.83. The molecule has 1 aromatic carbocycles. The van der Waals surface area contributed by atoms with E-state index in [-0.39, 0.29) is 18.0 Å². The van der Waals surface area contributed by atoms with Crippen LogP contribution < -0.4 is 16.0 Å². The Morgan fingerprint density at radius 2 is 1.97 bits per heavy atom. The molecule has 0 spiro atoms. The molecule has 0 unspecified atom stereocenters. The second-order valence-corrected chi connectivity index (χ2v) is 8.18. The maximum absolute atomic E-state index is 11.3. The van der Waals surface area contributed by atoms with Crippen LogP contribution in [-0.4, -0.2) is 51.0 Å². The predicted molar refractivity (Wildman–Crippen MR) is 130 cm³/mol. The van der Waals surface area contributed by atoms with E-state index in [2.05, 4.69) is 26.0 Å². The third-order valence-electron chi connectivity index (χ3n) is 5.60. The van der Waals surface area contributed by atoms with Crippen molar-refractivity contribution in [2.75, 3.05) is 12.4 Å². The normalized spacial score (nSPS) is 17.7. The van der Waals surface area contributed by atoms with Gasteiger partial charge in [-0.3, -0.25) is 9.48 Å². The Bertz CT molecular complexity index is 1190. The van der Waals surface area contributed by atoms with Gasteiger partial charge in [-0.15, -0.1) is 0 Å². The largest absolute Gasteiger partial charge is 0.393 e. The summed E-state index contributed by atoms with van der Waals surface area (Å²) in [4.78, 5) is 20.7. The van der Waals surface area contributed by atoms with E-state index in [0.29, 0.717) is 17.2 Å². The first-order chi connectivity index (χ1) is 16.0. The van der Waals surface area contributed by atoms with Crippen molar-refractivity contribution in [1.82, 2.24) is 30.4 Å². The van der Waals surface area contributed by atoms with Crippen LogP contribution in [0.5, 0.6) is 0 Å². The highest BCUT2D eigenvalue weighted by atomic mass is 16.1. The minimum Gasteiger partial charge on any atom is -0.393 e. The lowest BCUT2D eigenvalue weighted by Gasteiger charge is -2.36. The highest BCUT2D eigenvalue weighted by Crippen LogP contribution is 2.30. The minimum absolute atomic E-state index is 0.0139. The topological polar surface area (TPSA) is 121 Å². The van der Waals surface area contributed by atoms with Crippen LogP contribution in [0.3, 0.4) is 0 Å². The molecule has 0 bridgehead atoms. The van der Waals surface area contributed by atoms with Crippen molar-refractivity contribution in [2.45, 2.75) is 31.8 Å². The molecule has 4 N–H and O–H groups in total. The molecule has 2 heterocycles. The summed E-state index contributed by atoms with van der Waals surface area (Å²) in [5.74, 6) is 1.25. The molecule has 170 valence electrons. The van der Waals surface area contributed by atoms with E-state index in [1.54, 1.807) is 24.1 Å². The fourth-order valence-corrected chi connectivity index (χ4v) is 3.94. The van der Waals surface area contributed by atoms with Gasteiger partial charge in [-0.25, -0.2) is 9.97 Å². The van der Waals surface area contributed by atoms with Crippen molar-refractivity contribution in [3.63, 3.8) is 0 Å². The number of hydrogen-bond acceptors (Lipinski definition) is 7. The second-order valence-electron chi connectivity index (χ2n) is 8.18. The Hall–Kier alpha value is -4.01. The monoisotopic (exact) mass is 444 g/mol. The van der Waals surface area contributed by atoms with Gasteiger partial charge in [0.15, 0.2) is 5.82 Å². The number of benzene rings is 1. The number of carbonyl (C=O) groups excluding carboxylic acids is 1. The molecule has 4 rings (SSSR count). The lowest BCUT2D eigenvalue weighted by Crippen LogP contribution is -2.49. The molecule has 0 saturated heterocycles. The minimum atomic E-state index is -0.0139. The number of amides is 1. The molecule has 1 aliphatic rings. The van der Waals surface area contributed by atoms with Gasteiger partial charge in [0.25, 0.3) is 0 Å². The molecule has 1 fully saturated rings. The first kappa shape index (κ1) is 22.2. The molecule has 2 aromatic heterocycles. The van der Waals surface area contributed by atoms with Gasteiger partial charge in [0, 0.05) is 80.2 Å². The Labute approximate surface area is 192 Å². The van der Waals surface area contributed by atoms with Crippen LogP contribution >= 0.6 is 0 Å². The molecule has 1 aliphatic carbocycles. The summed E-state index contributed by atoms with van der Waals surface area (Å²) in [6.45, 7) is 1.54. The lowest BCUT2D eigenvalue weighted by molar-refractivity contribution is -0.120. The van der Waals surface area contributed by atoms with Gasteiger partial charge in [-0.05, 0) is 24.5 Å². The van der Waals surface area contributed by atoms with Crippen LogP contribution in [0.4, 0.5) is 5.82 Å². The fraction of sp³-hybridized carbons (Fsp3) is 0.292. The van der Waals surface area contributed by atoms with E-state index in [0.717, 1.165) is 35.1 Å². The van der Waals surface area contributed by atoms with Crippen LogP contribution in [-0.2, 0) is 11.8 Å². The van der Waals surface area contributed by atoms with Gasteiger partial charge in [-0.2, -0.15) is 5.10 Å². The number of allylic oxidation sites excluding steroid dienone is 1. The molecule has 1 saturated carbocycles. The Kier molecular flexibility index (Phi) is 6.48. The third-order valence-corrected chi connectivity index (χ3v) is 5.60. The molecule has 9 heteroatoms. The summed E-state index contributed by atoms with van der Waals surface area (Å²) in [6.07, 6.45) is 10.2. The van der Waals surface area contributed by atoms with Gasteiger partial charge in [0.05, 0.1) is 6.20 Å². The van der Waals surface area contributed by atoms with E-state index < -0.39 is 0 Å². The first-order valence-electron chi connectivity index (χ1n) is 10.8. The van der Waals surface area contributed by atoms with E-state index in [1.165, 1.54) is 13.1 Å². The average molecular weight is 445 g/mol. The van der Waals surface area contributed by atoms with Gasteiger partial charge >= 0.3 is 0 Å². The summed E-state index contributed by atoms with van der Waals surface area (Å²) in [6, 6.07) is 8.41. The molecule has 0 radical (unpaired) electrons. The molecule has 0 atom stereocenters. The van der Waals surface area contributed by atoms with Crippen molar-refractivity contribution in [3.05, 3.63) is 54.6 Å². The fourth-order valence-electron chi connectivity index (χ4n) is 3.94. The number of carbonyl (C=O) groups is 1. The van der Waals surface area contributed by atoms with Crippen molar-refractivity contribution in [2.24, 2.45) is 7.05 Å². The number of anilines is 1. The van der Waals surface area contributed by atoms with E-state index in [4.69, 9.17) is 10.4 Å². The first-order valence-corrected chi connectivity index (χ1v) is 10.8. The van der Waals surface area contributed by atoms with Crippen molar-refractivity contribution >= 4 is 23.5 Å². The molecule has 1 amide bonds. The zero-order valence-corrected chi connectivity index (χ0v) is 19.0. The Morgan fingerprint density at radius 1 is 1.18 bits per heavy atom. The summed E-state index contributed by atoms with van der Waals surface area (Å²) in [7, 11) is 3.68. The van der Waals surface area contributed by atoms with Gasteiger partial charge in [-0.1, -0.05) is 18.2 Å². The Morgan fingerprint density at radius 3 is 2.64 bits per heavy atom. The highest BCUT2D eigenvalue weighted by Gasteiger charge is 2.30. The summed E-state index contributed by atoms with van der Waals surface area (Å²) < 4.78 is 1.77. The van der Waals surface area contributed by atoms with Crippen LogP contribution in [0, 0.1) is 5.41 Å². The average Bonchev–Trinajstić information content (AvgIpc) is 3.22. The van der Waals surface area contributed by atoms with Gasteiger partial charge < -0.3 is 21.4 Å². The summed E-state index contributed by atoms with van der Waals surface area (Å²) in [5, 5.41) is 21.5. The van der Waals surface area contributed by atoms with Crippen LogP contribution in [0.2, 0.25) is 0 Å². The van der Waals surface area contributed by atoms with E-state index in [9.17, 15) is 4.79 Å². The second kappa shape index (κ2) is 9.64. The summed E-state index contributed by atoms with van der Waals surface area (Å²) in [5.41, 5.74) is 4.37. The zero-order valence-electron chi connectivity index (χ0n) is 19.0. The molecular formula is C24H28N8O. The zero-order chi connectivity index (χ0) is 23.4. The smallest absolute Gasteiger partial charge is 0.217 e. The quantitative estimate of drug-likeness (QED) is 0.397. The van der Waals surface area contributed by atoms with Crippen molar-refractivity contribution < 1.29 is 4.79 Å². The highest BCUT2D eigenvalue weighted by molar-refractivity contribution is 6.10. The van der Waals surface area contributed by atoms with Crippen LogP contribution in [0.25, 0.3) is 28.1 Å². The third kappa shape index (κ3) is 5.08. The number of aromatic nitrogens is 4. The van der Waals surface area contributed by atoms with Crippen molar-refractivity contribution in [1.29, 1.82) is 5.41 Å². The number of nitrogens with one attached hydrogen (secondary N) is 4. The van der Waals surface area contributed by atoms with Crippen LogP contribution in [0.15, 0.2) is 49.1 Å². The maximum Gasteiger partial charge on any atom is 0.217 e. The number of aryl methyl sites for hydroxylation is 1. The van der Waals surface area contributed by atoms with Crippen LogP contribution in [0.1, 0.15) is 25.3 Å². The van der Waals surface area contributed by atoms with E-state index in [1.807, 2.05) is 43.7 Å². The molecule has 33 heavy (non-hydrogen) atoms. The number of hydrogen-bond donors (Lipinski definition) is 4. The van der Waals surface area contributed by atoms with Gasteiger partial charge in [0.2, 0.25) is 5.91 Å². The Balaban J connectivity index is 1.65. The standard InChI is InChI=1S/C24H28N8O/c1-15(33)29-20-8-21(9-20)30-24-22(18(10-25)11-26-2)13-27-23(31-24)17-6-4-5-16(7-17)19-12-28-32(3)14-19/h4-7,10-14,20-21,25-26H,8-9H2,1-3H3,(H,29,33)(H,27,30,31)/b18-11+,25-10?/t20-,21-. The summed E-state index contributed by atoms with van der Waals surface area (Å²) >= 11 is 0. The molecule has 0 aliphatic heterocycles. The molecular weight excluding hydrogens is 416 g/mol. The maximum atomic E-state index is 11.3. The van der Waals surface area contributed by atoms with Gasteiger partial charge in [0.1, 0.15) is 5.82 Å². The molecule has 9 nitrogen and oxygen atoms in total. The lowest BCUT2D eigenvalue weighted by atomic mass is 9.86. The number of nitrogens with zero attached hydrogens (tertiary/aromatic N) is 4. The SMILES string of the molecule is CN/C=C(\C=N)c1cnc(-c2cccc(-c3cnn(C)c3)c2)nc1N[C@H]1C[C@H](NC(C)=O)C1.